The molecule has 0 saturated carbocycles. The Morgan fingerprint density at radius 1 is 1.11 bits per heavy atom. The predicted octanol–water partition coefficient (Wildman–Crippen LogP) is 2.14. The average Bonchev–Trinajstić information content (AvgIpc) is 2.97. The van der Waals surface area contributed by atoms with Crippen molar-refractivity contribution in [3.05, 3.63) is 22.8 Å². The lowest BCUT2D eigenvalue weighted by Gasteiger charge is -2.37. The summed E-state index contributed by atoms with van der Waals surface area (Å²) in [6.45, 7) is 3.47. The summed E-state index contributed by atoms with van der Waals surface area (Å²) in [6, 6.07) is 2.10. The summed E-state index contributed by atoms with van der Waals surface area (Å²) < 4.78 is 11.1. The highest BCUT2D eigenvalue weighted by Crippen LogP contribution is 2.44. The summed E-state index contributed by atoms with van der Waals surface area (Å²) in [6.07, 6.45) is 4.00. The summed E-state index contributed by atoms with van der Waals surface area (Å²) in [5, 5.41) is 10.6. The van der Waals surface area contributed by atoms with Crippen molar-refractivity contribution < 1.29 is 14.6 Å². The van der Waals surface area contributed by atoms with Gasteiger partial charge >= 0.3 is 0 Å². The molecular formula is C15H19NO3. The Hall–Kier alpha value is -1.26. The molecule has 0 atom stereocenters. The van der Waals surface area contributed by atoms with Gasteiger partial charge < -0.3 is 19.5 Å². The van der Waals surface area contributed by atoms with Gasteiger partial charge in [0.25, 0.3) is 0 Å². The molecule has 1 saturated heterocycles. The van der Waals surface area contributed by atoms with Crippen molar-refractivity contribution in [3.8, 4) is 5.75 Å². The largest absolute Gasteiger partial charge is 0.507 e. The Balaban J connectivity index is 1.86. The zero-order valence-corrected chi connectivity index (χ0v) is 11.0. The van der Waals surface area contributed by atoms with Gasteiger partial charge in [0.1, 0.15) is 5.75 Å². The second kappa shape index (κ2) is 4.39. The van der Waals surface area contributed by atoms with Crippen LogP contribution in [-0.2, 0) is 22.3 Å². The van der Waals surface area contributed by atoms with Crippen LogP contribution in [-0.4, -0.2) is 31.4 Å². The Labute approximate surface area is 112 Å². The zero-order valence-electron chi connectivity index (χ0n) is 11.0. The number of ether oxygens (including phenoxy) is 2. The molecule has 1 aromatic rings. The number of phenols is 1. The summed E-state index contributed by atoms with van der Waals surface area (Å²) in [4.78, 5) is 2.43. The summed E-state index contributed by atoms with van der Waals surface area (Å²) >= 11 is 0. The maximum Gasteiger partial charge on any atom is 0.187 e. The van der Waals surface area contributed by atoms with E-state index in [4.69, 9.17) is 9.47 Å². The first-order valence-corrected chi connectivity index (χ1v) is 7.20. The Bertz CT molecular complexity index is 507. The van der Waals surface area contributed by atoms with E-state index in [9.17, 15) is 5.11 Å². The molecular weight excluding hydrogens is 242 g/mol. The normalized spacial score (nSPS) is 22.6. The summed E-state index contributed by atoms with van der Waals surface area (Å²) in [5.41, 5.74) is 4.58. The molecule has 0 amide bonds. The standard InChI is InChI=1S/C15H19NO3/c17-14-11-4-2-6-16-5-1-3-10(13(11)16)9-12(14)15-18-7-8-19-15/h9,15,17H,1-8H2. The Morgan fingerprint density at radius 3 is 2.63 bits per heavy atom. The smallest absolute Gasteiger partial charge is 0.187 e. The Morgan fingerprint density at radius 2 is 1.84 bits per heavy atom. The molecule has 102 valence electrons. The highest BCUT2D eigenvalue weighted by atomic mass is 16.7. The molecule has 3 aliphatic rings. The number of phenolic OH excluding ortho intramolecular Hbond substituents is 1. The van der Waals surface area contributed by atoms with Crippen LogP contribution in [0.2, 0.25) is 0 Å². The van der Waals surface area contributed by atoms with Crippen LogP contribution in [0.15, 0.2) is 6.07 Å². The van der Waals surface area contributed by atoms with Gasteiger partial charge in [0.2, 0.25) is 0 Å². The van der Waals surface area contributed by atoms with E-state index in [1.165, 1.54) is 17.7 Å². The maximum absolute atomic E-state index is 10.6. The van der Waals surface area contributed by atoms with Crippen LogP contribution in [0.5, 0.6) is 5.75 Å². The van der Waals surface area contributed by atoms with Crippen molar-refractivity contribution in [2.75, 3.05) is 31.2 Å². The second-order valence-corrected chi connectivity index (χ2v) is 5.57. The minimum Gasteiger partial charge on any atom is -0.507 e. The van der Waals surface area contributed by atoms with Gasteiger partial charge in [0.05, 0.1) is 18.8 Å². The van der Waals surface area contributed by atoms with Gasteiger partial charge in [0, 0.05) is 24.3 Å². The van der Waals surface area contributed by atoms with Crippen molar-refractivity contribution in [1.82, 2.24) is 0 Å². The number of nitrogens with zero attached hydrogens (tertiary/aromatic N) is 1. The second-order valence-electron chi connectivity index (χ2n) is 5.57. The van der Waals surface area contributed by atoms with Crippen LogP contribution < -0.4 is 4.90 Å². The molecule has 0 radical (unpaired) electrons. The van der Waals surface area contributed by atoms with Crippen LogP contribution >= 0.6 is 0 Å². The molecule has 1 fully saturated rings. The Kier molecular flexibility index (Phi) is 2.67. The van der Waals surface area contributed by atoms with E-state index in [1.807, 2.05) is 0 Å². The van der Waals surface area contributed by atoms with Gasteiger partial charge in [-0.1, -0.05) is 0 Å². The molecule has 0 aliphatic carbocycles. The molecule has 4 heteroatoms. The number of rotatable bonds is 1. The minimum atomic E-state index is -0.376. The van der Waals surface area contributed by atoms with Crippen LogP contribution in [0.1, 0.15) is 35.8 Å². The molecule has 0 spiro atoms. The van der Waals surface area contributed by atoms with Crippen LogP contribution in [0, 0.1) is 0 Å². The molecule has 0 aromatic heterocycles. The van der Waals surface area contributed by atoms with Crippen molar-refractivity contribution in [2.24, 2.45) is 0 Å². The molecule has 3 aliphatic heterocycles. The van der Waals surface area contributed by atoms with E-state index in [-0.39, 0.29) is 6.29 Å². The van der Waals surface area contributed by atoms with E-state index >= 15 is 0 Å². The van der Waals surface area contributed by atoms with E-state index in [1.54, 1.807) is 0 Å². The molecule has 3 heterocycles. The topological polar surface area (TPSA) is 41.9 Å². The van der Waals surface area contributed by atoms with Crippen molar-refractivity contribution in [1.29, 1.82) is 0 Å². The van der Waals surface area contributed by atoms with Crippen molar-refractivity contribution in [2.45, 2.75) is 32.0 Å². The first-order valence-electron chi connectivity index (χ1n) is 7.20. The van der Waals surface area contributed by atoms with Gasteiger partial charge in [-0.15, -0.1) is 0 Å². The van der Waals surface area contributed by atoms with E-state index in [0.29, 0.717) is 19.0 Å². The van der Waals surface area contributed by atoms with Crippen LogP contribution in [0.3, 0.4) is 0 Å². The summed E-state index contributed by atoms with van der Waals surface area (Å²) in [5.74, 6) is 0.400. The van der Waals surface area contributed by atoms with Gasteiger partial charge in [-0.3, -0.25) is 0 Å². The van der Waals surface area contributed by atoms with E-state index in [2.05, 4.69) is 11.0 Å². The molecule has 1 N–H and O–H groups in total. The average molecular weight is 261 g/mol. The third kappa shape index (κ3) is 1.74. The SMILES string of the molecule is Oc1c(C2OCCO2)cc2c3c1CCCN3CCC2. The number of hydrogen-bond acceptors (Lipinski definition) is 4. The van der Waals surface area contributed by atoms with Crippen LogP contribution in [0.4, 0.5) is 5.69 Å². The summed E-state index contributed by atoms with van der Waals surface area (Å²) in [7, 11) is 0. The molecule has 0 bridgehead atoms. The maximum atomic E-state index is 10.6. The fraction of sp³-hybridized carbons (Fsp3) is 0.600. The van der Waals surface area contributed by atoms with Crippen molar-refractivity contribution in [3.63, 3.8) is 0 Å². The third-order valence-corrected chi connectivity index (χ3v) is 4.40. The molecule has 4 rings (SSSR count). The fourth-order valence-corrected chi connectivity index (χ4v) is 3.59. The molecule has 0 unspecified atom stereocenters. The monoisotopic (exact) mass is 261 g/mol. The first-order chi connectivity index (χ1) is 9.34. The lowest BCUT2D eigenvalue weighted by molar-refractivity contribution is -0.0455. The highest BCUT2D eigenvalue weighted by molar-refractivity contribution is 5.69. The molecule has 4 nitrogen and oxygen atoms in total. The number of hydrogen-bond donors (Lipinski definition) is 1. The minimum absolute atomic E-state index is 0.376. The molecule has 1 aromatic carbocycles. The predicted molar refractivity (Wildman–Crippen MR) is 71.6 cm³/mol. The number of aromatic hydroxyl groups is 1. The fourth-order valence-electron chi connectivity index (χ4n) is 3.59. The van der Waals surface area contributed by atoms with Gasteiger partial charge in [-0.25, -0.2) is 0 Å². The van der Waals surface area contributed by atoms with Gasteiger partial charge in [-0.2, -0.15) is 0 Å². The molecule has 19 heavy (non-hydrogen) atoms. The zero-order chi connectivity index (χ0) is 12.8. The van der Waals surface area contributed by atoms with Gasteiger partial charge in [-0.05, 0) is 37.3 Å². The number of benzene rings is 1. The number of anilines is 1. The first kappa shape index (κ1) is 11.6. The van der Waals surface area contributed by atoms with E-state index < -0.39 is 0 Å². The lowest BCUT2D eigenvalue weighted by Crippen LogP contribution is -2.34. The van der Waals surface area contributed by atoms with Crippen molar-refractivity contribution >= 4 is 5.69 Å². The highest BCUT2D eigenvalue weighted by Gasteiger charge is 2.31. The quantitative estimate of drug-likeness (QED) is 0.841. The lowest BCUT2D eigenvalue weighted by atomic mass is 9.89. The number of aryl methyl sites for hydroxylation is 1. The van der Waals surface area contributed by atoms with E-state index in [0.717, 1.165) is 43.5 Å². The third-order valence-electron chi connectivity index (χ3n) is 4.40. The van der Waals surface area contributed by atoms with Crippen LogP contribution in [0.25, 0.3) is 0 Å². The van der Waals surface area contributed by atoms with Gasteiger partial charge in [0.15, 0.2) is 6.29 Å².